The number of unbranched alkanes of at least 4 members (excludes halogenated alkanes) is 15. The first-order chi connectivity index (χ1) is 15.7. The molecular weight excluding hydrogens is 402 g/mol. The van der Waals surface area contributed by atoms with Gasteiger partial charge in [0.1, 0.15) is 24.7 Å². The zero-order chi connectivity index (χ0) is 23.1. The summed E-state index contributed by atoms with van der Waals surface area (Å²) in [6.07, 6.45) is 21.1. The van der Waals surface area contributed by atoms with Crippen LogP contribution in [-0.4, -0.2) is 31.0 Å². The van der Waals surface area contributed by atoms with E-state index in [2.05, 4.69) is 12.2 Å². The van der Waals surface area contributed by atoms with Gasteiger partial charge in [0.05, 0.1) is 0 Å². The van der Waals surface area contributed by atoms with E-state index in [4.69, 9.17) is 9.47 Å². The van der Waals surface area contributed by atoms with Crippen molar-refractivity contribution in [2.45, 2.75) is 110 Å². The summed E-state index contributed by atoms with van der Waals surface area (Å²) in [5.41, 5.74) is 0. The summed E-state index contributed by atoms with van der Waals surface area (Å²) < 4.78 is 10.5. The van der Waals surface area contributed by atoms with Crippen molar-refractivity contribution in [2.24, 2.45) is 0 Å². The highest BCUT2D eigenvalue weighted by Crippen LogP contribution is 2.16. The third kappa shape index (κ3) is 17.7. The fourth-order valence-electron chi connectivity index (χ4n) is 3.75. The van der Waals surface area contributed by atoms with Crippen LogP contribution in [0.3, 0.4) is 0 Å². The van der Waals surface area contributed by atoms with Crippen LogP contribution in [0, 0.1) is 0 Å². The lowest BCUT2D eigenvalue weighted by Crippen LogP contribution is -2.26. The normalized spacial score (nSPS) is 10.8. The van der Waals surface area contributed by atoms with Crippen molar-refractivity contribution in [3.05, 3.63) is 24.3 Å². The van der Waals surface area contributed by atoms with Gasteiger partial charge in [-0.05, 0) is 30.7 Å². The minimum absolute atomic E-state index is 0.196. The molecule has 0 aliphatic rings. The van der Waals surface area contributed by atoms with Crippen molar-refractivity contribution in [1.29, 1.82) is 0 Å². The molecule has 5 heteroatoms. The summed E-state index contributed by atoms with van der Waals surface area (Å²) in [6, 6.07) is 6.46. The molecule has 1 aromatic rings. The summed E-state index contributed by atoms with van der Waals surface area (Å²) in [4.78, 5) is 11.6. The minimum atomic E-state index is -0.389. The van der Waals surface area contributed by atoms with E-state index in [0.29, 0.717) is 12.3 Å². The van der Waals surface area contributed by atoms with Gasteiger partial charge in [-0.3, -0.25) is 0 Å². The van der Waals surface area contributed by atoms with E-state index in [1.54, 1.807) is 24.3 Å². The molecule has 0 fully saturated rings. The summed E-state index contributed by atoms with van der Waals surface area (Å²) in [6.45, 7) is 3.43. The average Bonchev–Trinajstić information content (AvgIpc) is 2.80. The van der Waals surface area contributed by atoms with Crippen molar-refractivity contribution in [3.63, 3.8) is 0 Å². The maximum absolute atomic E-state index is 11.6. The van der Waals surface area contributed by atoms with Gasteiger partial charge in [0, 0.05) is 6.54 Å². The standard InChI is InChI=1S/C27H47NO4/c1-2-3-4-5-6-7-8-9-10-11-12-13-14-15-16-17-22-28-27(30)32-24-23-31-26-20-18-25(29)19-21-26/h18-21,29H,2-17,22-24H2,1H3,(H,28,30). The Bertz CT molecular complexity index is 547. The number of amides is 1. The quantitative estimate of drug-likeness (QED) is 0.188. The van der Waals surface area contributed by atoms with Gasteiger partial charge >= 0.3 is 6.09 Å². The summed E-state index contributed by atoms with van der Waals surface area (Å²) >= 11 is 0. The molecule has 1 amide bonds. The summed E-state index contributed by atoms with van der Waals surface area (Å²) in [5.74, 6) is 0.835. The van der Waals surface area contributed by atoms with Gasteiger partial charge < -0.3 is 19.9 Å². The van der Waals surface area contributed by atoms with Crippen molar-refractivity contribution in [1.82, 2.24) is 5.32 Å². The molecule has 0 spiro atoms. The first kappa shape index (κ1) is 28.1. The Morgan fingerprint density at radius 1 is 0.719 bits per heavy atom. The molecule has 0 radical (unpaired) electrons. The van der Waals surface area contributed by atoms with E-state index >= 15 is 0 Å². The largest absolute Gasteiger partial charge is 0.508 e. The molecule has 0 unspecified atom stereocenters. The van der Waals surface area contributed by atoms with Crippen molar-refractivity contribution < 1.29 is 19.4 Å². The van der Waals surface area contributed by atoms with E-state index < -0.39 is 0 Å². The molecule has 0 saturated heterocycles. The number of carbonyl (C=O) groups excluding carboxylic acids is 1. The lowest BCUT2D eigenvalue weighted by molar-refractivity contribution is 0.125. The zero-order valence-electron chi connectivity index (χ0n) is 20.4. The van der Waals surface area contributed by atoms with Crippen LogP contribution in [0.1, 0.15) is 110 Å². The topological polar surface area (TPSA) is 67.8 Å². The molecule has 1 rings (SSSR count). The molecule has 0 aliphatic heterocycles. The van der Waals surface area contributed by atoms with Crippen LogP contribution in [0.4, 0.5) is 4.79 Å². The molecule has 0 heterocycles. The van der Waals surface area contributed by atoms with Crippen molar-refractivity contribution >= 4 is 6.09 Å². The number of carbonyl (C=O) groups is 1. The second kappa shape index (κ2) is 21.0. The van der Waals surface area contributed by atoms with E-state index in [9.17, 15) is 9.90 Å². The summed E-state index contributed by atoms with van der Waals surface area (Å²) in [7, 11) is 0. The molecule has 5 nitrogen and oxygen atoms in total. The predicted octanol–water partition coefficient (Wildman–Crippen LogP) is 7.76. The number of phenols is 1. The molecular formula is C27H47NO4. The average molecular weight is 450 g/mol. The first-order valence-corrected chi connectivity index (χ1v) is 13.0. The third-order valence-corrected chi connectivity index (χ3v) is 5.72. The van der Waals surface area contributed by atoms with Crippen LogP contribution in [0.15, 0.2) is 24.3 Å². The van der Waals surface area contributed by atoms with E-state index in [1.807, 2.05) is 0 Å². The Hall–Kier alpha value is -1.91. The number of hydrogen-bond acceptors (Lipinski definition) is 4. The number of phenolic OH excluding ortho intramolecular Hbond substituents is 1. The third-order valence-electron chi connectivity index (χ3n) is 5.72. The molecule has 0 saturated carbocycles. The van der Waals surface area contributed by atoms with Gasteiger partial charge in [-0.25, -0.2) is 4.79 Å². The van der Waals surface area contributed by atoms with Crippen LogP contribution < -0.4 is 10.1 Å². The fourth-order valence-corrected chi connectivity index (χ4v) is 3.75. The number of rotatable bonds is 21. The lowest BCUT2D eigenvalue weighted by atomic mass is 10.0. The SMILES string of the molecule is CCCCCCCCCCCCCCCCCCNC(=O)OCCOc1ccc(O)cc1. The van der Waals surface area contributed by atoms with Gasteiger partial charge in [-0.1, -0.05) is 103 Å². The Kier molecular flexibility index (Phi) is 18.4. The van der Waals surface area contributed by atoms with Gasteiger partial charge in [-0.2, -0.15) is 0 Å². The highest BCUT2D eigenvalue weighted by Gasteiger charge is 2.01. The smallest absolute Gasteiger partial charge is 0.407 e. The molecule has 1 aromatic carbocycles. The molecule has 0 bridgehead atoms. The predicted molar refractivity (Wildman–Crippen MR) is 132 cm³/mol. The molecule has 0 aromatic heterocycles. The lowest BCUT2D eigenvalue weighted by Gasteiger charge is -2.08. The molecule has 0 aliphatic carbocycles. The Balaban J connectivity index is 1.75. The zero-order valence-corrected chi connectivity index (χ0v) is 20.4. The maximum atomic E-state index is 11.6. The first-order valence-electron chi connectivity index (χ1n) is 13.0. The highest BCUT2D eigenvalue weighted by molar-refractivity contribution is 5.66. The van der Waals surface area contributed by atoms with Gasteiger partial charge in [0.15, 0.2) is 0 Å². The van der Waals surface area contributed by atoms with Crippen LogP contribution >= 0.6 is 0 Å². The van der Waals surface area contributed by atoms with Crippen LogP contribution in [-0.2, 0) is 4.74 Å². The Morgan fingerprint density at radius 3 is 1.69 bits per heavy atom. The van der Waals surface area contributed by atoms with Gasteiger partial charge in [0.25, 0.3) is 0 Å². The van der Waals surface area contributed by atoms with E-state index in [-0.39, 0.29) is 25.1 Å². The number of benzene rings is 1. The number of aromatic hydroxyl groups is 1. The molecule has 32 heavy (non-hydrogen) atoms. The maximum Gasteiger partial charge on any atom is 0.407 e. The minimum Gasteiger partial charge on any atom is -0.508 e. The number of nitrogens with one attached hydrogen (secondary N) is 1. The monoisotopic (exact) mass is 449 g/mol. The van der Waals surface area contributed by atoms with Crippen LogP contribution in [0.5, 0.6) is 11.5 Å². The molecule has 2 N–H and O–H groups in total. The second-order valence-corrected chi connectivity index (χ2v) is 8.71. The summed E-state index contributed by atoms with van der Waals surface area (Å²) in [5, 5.41) is 12.0. The second-order valence-electron chi connectivity index (χ2n) is 8.71. The number of alkyl carbamates (subject to hydrolysis) is 1. The fraction of sp³-hybridized carbons (Fsp3) is 0.741. The Morgan fingerprint density at radius 2 is 1.19 bits per heavy atom. The van der Waals surface area contributed by atoms with Crippen molar-refractivity contribution in [2.75, 3.05) is 19.8 Å². The van der Waals surface area contributed by atoms with Gasteiger partial charge in [0.2, 0.25) is 0 Å². The Labute approximate surface area is 196 Å². The molecule has 184 valence electrons. The number of ether oxygens (including phenoxy) is 2. The van der Waals surface area contributed by atoms with Crippen LogP contribution in [0.2, 0.25) is 0 Å². The molecule has 0 atom stereocenters. The van der Waals surface area contributed by atoms with Crippen LogP contribution in [0.25, 0.3) is 0 Å². The highest BCUT2D eigenvalue weighted by atomic mass is 16.6. The van der Waals surface area contributed by atoms with E-state index in [1.165, 1.54) is 89.9 Å². The number of hydrogen-bond donors (Lipinski definition) is 2. The van der Waals surface area contributed by atoms with E-state index in [0.717, 1.165) is 12.8 Å². The van der Waals surface area contributed by atoms with Gasteiger partial charge in [-0.15, -0.1) is 0 Å². The van der Waals surface area contributed by atoms with Crippen molar-refractivity contribution in [3.8, 4) is 11.5 Å².